The second kappa shape index (κ2) is 10.1. The maximum atomic E-state index is 12.2. The first kappa shape index (κ1) is 20.2. The molecule has 2 aromatic rings. The largest absolute Gasteiger partial charge is 0.378 e. The van der Waals surface area contributed by atoms with E-state index in [0.29, 0.717) is 31.4 Å². The molecule has 1 saturated heterocycles. The molecular formula is C18H27N5O2S2. The average Bonchev–Trinajstić information content (AvgIpc) is 3.30. The predicted molar refractivity (Wildman–Crippen MR) is 110 cm³/mol. The number of hydrogen-bond acceptors (Lipinski definition) is 7. The van der Waals surface area contributed by atoms with Gasteiger partial charge in [-0.05, 0) is 23.8 Å². The van der Waals surface area contributed by atoms with Crippen LogP contribution in [0.1, 0.15) is 18.7 Å². The highest BCUT2D eigenvalue weighted by molar-refractivity contribution is 7.99. The van der Waals surface area contributed by atoms with E-state index in [-0.39, 0.29) is 5.91 Å². The van der Waals surface area contributed by atoms with Crippen LogP contribution in [0.4, 0.5) is 5.95 Å². The predicted octanol–water partition coefficient (Wildman–Crippen LogP) is 2.28. The summed E-state index contributed by atoms with van der Waals surface area (Å²) < 4.78 is 7.57. The lowest BCUT2D eigenvalue weighted by Gasteiger charge is -2.28. The Hall–Kier alpha value is -1.58. The van der Waals surface area contributed by atoms with Crippen LogP contribution in [-0.2, 0) is 22.5 Å². The lowest BCUT2D eigenvalue weighted by Crippen LogP contribution is -2.38. The molecule has 148 valence electrons. The van der Waals surface area contributed by atoms with Gasteiger partial charge in [-0.1, -0.05) is 31.7 Å². The van der Waals surface area contributed by atoms with Crippen molar-refractivity contribution in [3.8, 4) is 0 Å². The smallest absolute Gasteiger partial charge is 0.230 e. The van der Waals surface area contributed by atoms with Gasteiger partial charge in [0.15, 0.2) is 5.16 Å². The third kappa shape index (κ3) is 5.95. The number of amides is 1. The van der Waals surface area contributed by atoms with Crippen LogP contribution in [0.25, 0.3) is 0 Å². The van der Waals surface area contributed by atoms with Gasteiger partial charge < -0.3 is 15.0 Å². The second-order valence-corrected chi connectivity index (χ2v) is 8.83. The first-order chi connectivity index (χ1) is 13.1. The molecule has 27 heavy (non-hydrogen) atoms. The molecule has 0 saturated carbocycles. The zero-order chi connectivity index (χ0) is 19.1. The molecule has 7 nitrogen and oxygen atoms in total. The summed E-state index contributed by atoms with van der Waals surface area (Å²) in [7, 11) is 0. The van der Waals surface area contributed by atoms with E-state index >= 15 is 0 Å². The molecule has 3 heterocycles. The first-order valence-electron chi connectivity index (χ1n) is 9.31. The Labute approximate surface area is 168 Å². The molecule has 0 aliphatic carbocycles. The van der Waals surface area contributed by atoms with Crippen molar-refractivity contribution in [1.29, 1.82) is 0 Å². The number of ether oxygens (including phenoxy) is 1. The average molecular weight is 410 g/mol. The number of carbonyl (C=O) groups is 1. The lowest BCUT2D eigenvalue weighted by atomic mass is 10.2. The third-order valence-corrected chi connectivity index (χ3v) is 6.05. The van der Waals surface area contributed by atoms with Gasteiger partial charge in [-0.2, -0.15) is 0 Å². The molecule has 1 N–H and O–H groups in total. The van der Waals surface area contributed by atoms with Crippen molar-refractivity contribution in [2.75, 3.05) is 43.5 Å². The summed E-state index contributed by atoms with van der Waals surface area (Å²) in [5.74, 6) is 1.74. The van der Waals surface area contributed by atoms with Gasteiger partial charge in [0, 0.05) is 31.1 Å². The number of carbonyl (C=O) groups excluding carboxylic acids is 1. The van der Waals surface area contributed by atoms with Crippen molar-refractivity contribution in [1.82, 2.24) is 20.1 Å². The molecule has 0 bridgehead atoms. The van der Waals surface area contributed by atoms with Crippen molar-refractivity contribution in [3.63, 3.8) is 0 Å². The minimum absolute atomic E-state index is 0.0311. The van der Waals surface area contributed by atoms with Gasteiger partial charge in [-0.3, -0.25) is 9.36 Å². The van der Waals surface area contributed by atoms with Gasteiger partial charge in [0.05, 0.1) is 19.0 Å². The van der Waals surface area contributed by atoms with E-state index in [9.17, 15) is 4.79 Å². The number of aromatic nitrogens is 3. The highest BCUT2D eigenvalue weighted by atomic mass is 32.2. The Bertz CT molecular complexity index is 711. The maximum absolute atomic E-state index is 12.2. The number of thioether (sulfide) groups is 1. The summed E-state index contributed by atoms with van der Waals surface area (Å²) in [5, 5.41) is 14.6. The van der Waals surface area contributed by atoms with Crippen molar-refractivity contribution in [3.05, 3.63) is 22.4 Å². The summed E-state index contributed by atoms with van der Waals surface area (Å²) in [5.41, 5.74) is 0. The van der Waals surface area contributed by atoms with Crippen molar-refractivity contribution < 1.29 is 9.53 Å². The van der Waals surface area contributed by atoms with E-state index in [2.05, 4.69) is 50.3 Å². The monoisotopic (exact) mass is 409 g/mol. The van der Waals surface area contributed by atoms with Crippen molar-refractivity contribution in [2.24, 2.45) is 5.92 Å². The number of hydrogen-bond donors (Lipinski definition) is 1. The van der Waals surface area contributed by atoms with Gasteiger partial charge in [0.25, 0.3) is 0 Å². The zero-order valence-electron chi connectivity index (χ0n) is 15.9. The number of nitrogens with one attached hydrogen (secondary N) is 1. The Balaban J connectivity index is 1.55. The second-order valence-electron chi connectivity index (χ2n) is 6.85. The van der Waals surface area contributed by atoms with Gasteiger partial charge in [0.1, 0.15) is 0 Å². The van der Waals surface area contributed by atoms with Gasteiger partial charge in [-0.25, -0.2) is 0 Å². The van der Waals surface area contributed by atoms with Crippen LogP contribution in [0.3, 0.4) is 0 Å². The molecule has 0 spiro atoms. The number of anilines is 1. The molecule has 2 aromatic heterocycles. The summed E-state index contributed by atoms with van der Waals surface area (Å²) >= 11 is 3.17. The van der Waals surface area contributed by atoms with Gasteiger partial charge in [-0.15, -0.1) is 21.5 Å². The molecule has 3 rings (SSSR count). The Morgan fingerprint density at radius 2 is 2.19 bits per heavy atom. The topological polar surface area (TPSA) is 72.3 Å². The standard InChI is InChI=1S/C18H27N5O2S2/c1-14(2)12-23-17(22-7-9-25-10-8-22)20-21-18(23)27-13-16(24)19-6-5-15-4-3-11-26-15/h3-4,11,14H,5-10,12-13H2,1-2H3,(H,19,24). The SMILES string of the molecule is CC(C)Cn1c(SCC(=O)NCCc2cccs2)nnc1N1CCOCC1. The fraction of sp³-hybridized carbons (Fsp3) is 0.611. The maximum Gasteiger partial charge on any atom is 0.230 e. The summed E-state index contributed by atoms with van der Waals surface area (Å²) in [4.78, 5) is 15.7. The summed E-state index contributed by atoms with van der Waals surface area (Å²) in [6.45, 7) is 8.92. The first-order valence-corrected chi connectivity index (χ1v) is 11.2. The molecule has 0 aromatic carbocycles. The fourth-order valence-corrected chi connectivity index (χ4v) is 4.35. The molecule has 1 aliphatic heterocycles. The number of thiophene rings is 1. The number of morpholine rings is 1. The molecule has 0 radical (unpaired) electrons. The highest BCUT2D eigenvalue weighted by Gasteiger charge is 2.21. The molecule has 1 aliphatic rings. The molecular weight excluding hydrogens is 382 g/mol. The van der Waals surface area contributed by atoms with Crippen LogP contribution >= 0.6 is 23.1 Å². The molecule has 0 atom stereocenters. The molecule has 0 unspecified atom stereocenters. The van der Waals surface area contributed by atoms with Crippen LogP contribution in [0.5, 0.6) is 0 Å². The minimum Gasteiger partial charge on any atom is -0.378 e. The van der Waals surface area contributed by atoms with Crippen LogP contribution in [0, 0.1) is 5.92 Å². The fourth-order valence-electron chi connectivity index (χ4n) is 2.87. The zero-order valence-corrected chi connectivity index (χ0v) is 17.5. The van der Waals surface area contributed by atoms with Crippen LogP contribution in [0.2, 0.25) is 0 Å². The van der Waals surface area contributed by atoms with E-state index < -0.39 is 0 Å². The molecule has 1 fully saturated rings. The van der Waals surface area contributed by atoms with Gasteiger partial charge in [0.2, 0.25) is 11.9 Å². The highest BCUT2D eigenvalue weighted by Crippen LogP contribution is 2.24. The van der Waals surface area contributed by atoms with Crippen molar-refractivity contribution >= 4 is 35.0 Å². The number of nitrogens with zero attached hydrogens (tertiary/aromatic N) is 4. The van der Waals surface area contributed by atoms with E-state index in [1.807, 2.05) is 6.07 Å². The van der Waals surface area contributed by atoms with Crippen LogP contribution < -0.4 is 10.2 Å². The summed E-state index contributed by atoms with van der Waals surface area (Å²) in [6.07, 6.45) is 0.874. The van der Waals surface area contributed by atoms with E-state index in [1.165, 1.54) is 16.6 Å². The normalized spacial score (nSPS) is 14.7. The van der Waals surface area contributed by atoms with E-state index in [1.54, 1.807) is 11.3 Å². The van der Waals surface area contributed by atoms with E-state index in [0.717, 1.165) is 37.2 Å². The third-order valence-electron chi connectivity index (χ3n) is 4.14. The van der Waals surface area contributed by atoms with Crippen molar-refractivity contribution in [2.45, 2.75) is 32.0 Å². The minimum atomic E-state index is 0.0311. The van der Waals surface area contributed by atoms with E-state index in [4.69, 9.17) is 4.74 Å². The van der Waals surface area contributed by atoms with Gasteiger partial charge >= 0.3 is 0 Å². The Morgan fingerprint density at radius 1 is 1.37 bits per heavy atom. The number of rotatable bonds is 9. The molecule has 1 amide bonds. The summed E-state index contributed by atoms with van der Waals surface area (Å²) in [6, 6.07) is 4.12. The Kier molecular flexibility index (Phi) is 7.54. The van der Waals surface area contributed by atoms with Crippen LogP contribution in [-0.4, -0.2) is 59.3 Å². The Morgan fingerprint density at radius 3 is 2.89 bits per heavy atom. The quantitative estimate of drug-likeness (QED) is 0.641. The molecule has 9 heteroatoms. The lowest BCUT2D eigenvalue weighted by molar-refractivity contribution is -0.118. The van der Waals surface area contributed by atoms with Crippen LogP contribution in [0.15, 0.2) is 22.7 Å².